The first-order valence-electron chi connectivity index (χ1n) is 5.87. The Bertz CT molecular complexity index is 712. The monoisotopic (exact) mass is 359 g/mol. The number of sulfonamides is 1. The molecule has 0 bridgehead atoms. The standard InChI is InChI=1S/C12H14BrN3O3S/c1-3-8-6-12(15-14-8)16-20(17,18)9-4-5-11(19-2)10(13)7-9/h4-7H,3H2,1-2H3,(H2,14,15,16). The fourth-order valence-electron chi connectivity index (χ4n) is 1.61. The molecule has 20 heavy (non-hydrogen) atoms. The first kappa shape index (κ1) is 14.9. The SMILES string of the molecule is CCc1cc(NS(=O)(=O)c2ccc(OC)c(Br)c2)n[nH]1. The molecule has 1 aromatic carbocycles. The van der Waals surface area contributed by atoms with E-state index < -0.39 is 10.0 Å². The lowest BCUT2D eigenvalue weighted by Gasteiger charge is -2.08. The molecule has 2 aromatic rings. The van der Waals surface area contributed by atoms with E-state index in [9.17, 15) is 8.42 Å². The molecule has 0 aliphatic carbocycles. The number of methoxy groups -OCH3 is 1. The van der Waals surface area contributed by atoms with E-state index in [1.54, 1.807) is 12.1 Å². The highest BCUT2D eigenvalue weighted by Gasteiger charge is 2.17. The van der Waals surface area contributed by atoms with Crippen molar-refractivity contribution in [3.63, 3.8) is 0 Å². The summed E-state index contributed by atoms with van der Waals surface area (Å²) in [5.41, 5.74) is 0.860. The highest BCUT2D eigenvalue weighted by molar-refractivity contribution is 9.10. The number of nitrogens with one attached hydrogen (secondary N) is 2. The van der Waals surface area contributed by atoms with Gasteiger partial charge >= 0.3 is 0 Å². The summed E-state index contributed by atoms with van der Waals surface area (Å²) < 4.78 is 32.5. The maximum absolute atomic E-state index is 12.2. The number of hydrogen-bond acceptors (Lipinski definition) is 4. The predicted octanol–water partition coefficient (Wildman–Crippen LogP) is 2.54. The second kappa shape index (κ2) is 5.84. The van der Waals surface area contributed by atoms with Gasteiger partial charge in [0.05, 0.1) is 16.5 Å². The molecule has 0 radical (unpaired) electrons. The van der Waals surface area contributed by atoms with Crippen molar-refractivity contribution in [1.82, 2.24) is 10.2 Å². The van der Waals surface area contributed by atoms with Crippen LogP contribution < -0.4 is 9.46 Å². The lowest BCUT2D eigenvalue weighted by atomic mass is 10.3. The van der Waals surface area contributed by atoms with Crippen molar-refractivity contribution in [1.29, 1.82) is 0 Å². The minimum absolute atomic E-state index is 0.131. The summed E-state index contributed by atoms with van der Waals surface area (Å²) in [7, 11) is -2.16. The Balaban J connectivity index is 2.28. The lowest BCUT2D eigenvalue weighted by Crippen LogP contribution is -2.13. The number of ether oxygens (including phenoxy) is 1. The van der Waals surface area contributed by atoms with Gasteiger partial charge in [-0.15, -0.1) is 0 Å². The Hall–Kier alpha value is -1.54. The smallest absolute Gasteiger partial charge is 0.263 e. The molecule has 0 amide bonds. The maximum Gasteiger partial charge on any atom is 0.263 e. The summed E-state index contributed by atoms with van der Waals surface area (Å²) in [6.45, 7) is 1.95. The number of H-pyrrole nitrogens is 1. The summed E-state index contributed by atoms with van der Waals surface area (Å²) in [4.78, 5) is 0.131. The summed E-state index contributed by atoms with van der Waals surface area (Å²) in [5, 5.41) is 6.66. The Kier molecular flexibility index (Phi) is 4.34. The molecule has 1 heterocycles. The fraction of sp³-hybridized carbons (Fsp3) is 0.250. The second-order valence-electron chi connectivity index (χ2n) is 4.03. The molecule has 0 fully saturated rings. The molecule has 0 aliphatic rings. The van der Waals surface area contributed by atoms with Gasteiger partial charge in [-0.1, -0.05) is 6.92 Å². The van der Waals surface area contributed by atoms with Crippen molar-refractivity contribution >= 4 is 31.8 Å². The molecule has 6 nitrogen and oxygen atoms in total. The first-order chi connectivity index (χ1) is 9.46. The lowest BCUT2D eigenvalue weighted by molar-refractivity contribution is 0.411. The van der Waals surface area contributed by atoms with Crippen LogP contribution in [-0.4, -0.2) is 25.7 Å². The van der Waals surface area contributed by atoms with Gasteiger partial charge in [-0.05, 0) is 40.5 Å². The molecule has 0 unspecified atom stereocenters. The quantitative estimate of drug-likeness (QED) is 0.858. The third-order valence-corrected chi connectivity index (χ3v) is 4.66. The van der Waals surface area contributed by atoms with Crippen molar-refractivity contribution in [2.24, 2.45) is 0 Å². The van der Waals surface area contributed by atoms with Crippen molar-refractivity contribution in [2.45, 2.75) is 18.2 Å². The van der Waals surface area contributed by atoms with Gasteiger partial charge in [-0.2, -0.15) is 5.10 Å². The zero-order chi connectivity index (χ0) is 14.8. The second-order valence-corrected chi connectivity index (χ2v) is 6.57. The van der Waals surface area contributed by atoms with E-state index in [1.165, 1.54) is 19.2 Å². The van der Waals surface area contributed by atoms with Gasteiger partial charge in [0.25, 0.3) is 10.0 Å². The van der Waals surface area contributed by atoms with Crippen LogP contribution in [0.4, 0.5) is 5.82 Å². The zero-order valence-corrected chi connectivity index (χ0v) is 13.4. The van der Waals surface area contributed by atoms with Gasteiger partial charge in [0.2, 0.25) is 0 Å². The highest BCUT2D eigenvalue weighted by atomic mass is 79.9. The molecule has 1 aromatic heterocycles. The van der Waals surface area contributed by atoms with Crippen molar-refractivity contribution in [2.75, 3.05) is 11.8 Å². The molecule has 0 spiro atoms. The van der Waals surface area contributed by atoms with Gasteiger partial charge in [0.1, 0.15) is 5.75 Å². The minimum atomic E-state index is -3.67. The molecule has 0 atom stereocenters. The number of aryl methyl sites for hydroxylation is 1. The largest absolute Gasteiger partial charge is 0.496 e. The van der Waals surface area contributed by atoms with Gasteiger partial charge in [0, 0.05) is 11.8 Å². The molecular formula is C12H14BrN3O3S. The molecular weight excluding hydrogens is 346 g/mol. The van der Waals surface area contributed by atoms with Crippen LogP contribution in [0.15, 0.2) is 33.6 Å². The van der Waals surface area contributed by atoms with E-state index in [0.29, 0.717) is 10.2 Å². The number of aromatic nitrogens is 2. The maximum atomic E-state index is 12.2. The predicted molar refractivity (Wildman–Crippen MR) is 79.5 cm³/mol. The fourth-order valence-corrected chi connectivity index (χ4v) is 3.32. The van der Waals surface area contributed by atoms with Crippen LogP contribution in [-0.2, 0) is 16.4 Å². The van der Waals surface area contributed by atoms with Crippen LogP contribution in [0.3, 0.4) is 0 Å². The van der Waals surface area contributed by atoms with Crippen LogP contribution in [0, 0.1) is 0 Å². The van der Waals surface area contributed by atoms with Crippen LogP contribution >= 0.6 is 15.9 Å². The summed E-state index contributed by atoms with van der Waals surface area (Å²) in [6.07, 6.45) is 0.753. The molecule has 2 N–H and O–H groups in total. The Labute approximate surface area is 125 Å². The minimum Gasteiger partial charge on any atom is -0.496 e. The van der Waals surface area contributed by atoms with Crippen molar-refractivity contribution in [3.8, 4) is 5.75 Å². The van der Waals surface area contributed by atoms with Crippen LogP contribution in [0.25, 0.3) is 0 Å². The first-order valence-corrected chi connectivity index (χ1v) is 8.14. The van der Waals surface area contributed by atoms with Crippen molar-refractivity contribution in [3.05, 3.63) is 34.4 Å². The molecule has 0 saturated heterocycles. The van der Waals surface area contributed by atoms with E-state index in [0.717, 1.165) is 12.1 Å². The Morgan fingerprint density at radius 2 is 2.15 bits per heavy atom. The van der Waals surface area contributed by atoms with Crippen LogP contribution in [0.5, 0.6) is 5.75 Å². The molecule has 108 valence electrons. The highest BCUT2D eigenvalue weighted by Crippen LogP contribution is 2.28. The molecule has 0 saturated carbocycles. The van der Waals surface area contributed by atoms with E-state index >= 15 is 0 Å². The average Bonchev–Trinajstić information content (AvgIpc) is 2.85. The number of hydrogen-bond donors (Lipinski definition) is 2. The Morgan fingerprint density at radius 1 is 1.40 bits per heavy atom. The normalized spacial score (nSPS) is 11.3. The number of aromatic amines is 1. The third kappa shape index (κ3) is 3.13. The van der Waals surface area contributed by atoms with E-state index in [1.807, 2.05) is 6.92 Å². The van der Waals surface area contributed by atoms with Crippen molar-refractivity contribution < 1.29 is 13.2 Å². The topological polar surface area (TPSA) is 84.1 Å². The van der Waals surface area contributed by atoms with Crippen LogP contribution in [0.1, 0.15) is 12.6 Å². The number of rotatable bonds is 5. The zero-order valence-electron chi connectivity index (χ0n) is 11.0. The molecule has 2 rings (SSSR count). The average molecular weight is 360 g/mol. The number of benzene rings is 1. The van der Waals surface area contributed by atoms with Gasteiger partial charge in [0.15, 0.2) is 5.82 Å². The van der Waals surface area contributed by atoms with Gasteiger partial charge < -0.3 is 4.74 Å². The van der Waals surface area contributed by atoms with Crippen LogP contribution in [0.2, 0.25) is 0 Å². The van der Waals surface area contributed by atoms with E-state index in [-0.39, 0.29) is 10.7 Å². The summed E-state index contributed by atoms with van der Waals surface area (Å²) in [6, 6.07) is 6.20. The summed E-state index contributed by atoms with van der Waals surface area (Å²) in [5.74, 6) is 0.839. The van der Waals surface area contributed by atoms with Gasteiger partial charge in [-0.25, -0.2) is 8.42 Å². The molecule has 8 heteroatoms. The van der Waals surface area contributed by atoms with E-state index in [2.05, 4.69) is 30.8 Å². The number of nitrogens with zero attached hydrogens (tertiary/aromatic N) is 1. The number of anilines is 1. The Morgan fingerprint density at radius 3 is 2.70 bits per heavy atom. The number of halogens is 1. The summed E-state index contributed by atoms with van der Waals surface area (Å²) >= 11 is 3.26. The van der Waals surface area contributed by atoms with E-state index in [4.69, 9.17) is 4.74 Å². The third-order valence-electron chi connectivity index (χ3n) is 2.68. The molecule has 0 aliphatic heterocycles. The van der Waals surface area contributed by atoms with Gasteiger partial charge in [-0.3, -0.25) is 9.82 Å².